The topological polar surface area (TPSA) is 68.5 Å². The summed E-state index contributed by atoms with van der Waals surface area (Å²) in [5.41, 5.74) is 0.860. The van der Waals surface area contributed by atoms with Crippen LogP contribution in [0.2, 0.25) is 0 Å². The van der Waals surface area contributed by atoms with E-state index in [2.05, 4.69) is 58.7 Å². The molecule has 1 atom stereocenters. The molecule has 0 N–H and O–H groups in total. The number of aromatic nitrogens is 4. The Morgan fingerprint density at radius 3 is 2.38 bits per heavy atom. The first-order valence-corrected chi connectivity index (χ1v) is 9.97. The van der Waals surface area contributed by atoms with Crippen molar-refractivity contribution in [1.82, 2.24) is 30.0 Å². The molecule has 0 spiro atoms. The second-order valence-corrected chi connectivity index (χ2v) is 8.26. The van der Waals surface area contributed by atoms with Crippen molar-refractivity contribution in [1.29, 1.82) is 0 Å². The zero-order valence-corrected chi connectivity index (χ0v) is 18.1. The third-order valence-electron chi connectivity index (χ3n) is 5.26. The van der Waals surface area contributed by atoms with Crippen LogP contribution in [-0.4, -0.2) is 77.0 Å². The maximum atomic E-state index is 5.56. The van der Waals surface area contributed by atoms with Crippen LogP contribution in [0.3, 0.4) is 0 Å². The fraction of sp³-hybridized carbons (Fsp3) is 0.571. The highest BCUT2D eigenvalue weighted by molar-refractivity contribution is 5.45. The van der Waals surface area contributed by atoms with Crippen LogP contribution < -0.4 is 9.47 Å². The maximum absolute atomic E-state index is 5.56. The molecule has 8 heteroatoms. The summed E-state index contributed by atoms with van der Waals surface area (Å²) < 4.78 is 12.9. The first-order chi connectivity index (χ1) is 13.9. The van der Waals surface area contributed by atoms with Gasteiger partial charge >= 0.3 is 0 Å². The van der Waals surface area contributed by atoms with E-state index in [1.807, 2.05) is 22.9 Å². The van der Waals surface area contributed by atoms with Gasteiger partial charge in [0.2, 0.25) is 0 Å². The summed E-state index contributed by atoms with van der Waals surface area (Å²) in [6, 6.07) is 5.97. The second kappa shape index (κ2) is 8.92. The van der Waals surface area contributed by atoms with Crippen LogP contribution in [0.4, 0.5) is 0 Å². The number of benzene rings is 1. The molecule has 0 radical (unpaired) electrons. The summed E-state index contributed by atoms with van der Waals surface area (Å²) in [4.78, 5) is 4.84. The van der Waals surface area contributed by atoms with Crippen LogP contribution in [-0.2, 0) is 5.54 Å². The zero-order valence-electron chi connectivity index (χ0n) is 18.1. The van der Waals surface area contributed by atoms with E-state index in [1.54, 1.807) is 14.2 Å². The summed E-state index contributed by atoms with van der Waals surface area (Å²) in [7, 11) is 3.30. The van der Waals surface area contributed by atoms with Crippen LogP contribution in [0, 0.1) is 0 Å². The molecule has 3 rings (SSSR count). The van der Waals surface area contributed by atoms with Crippen LogP contribution in [0.15, 0.2) is 30.9 Å². The van der Waals surface area contributed by atoms with E-state index in [4.69, 9.17) is 9.47 Å². The van der Waals surface area contributed by atoms with Crippen LogP contribution in [0.1, 0.15) is 38.2 Å². The zero-order chi connectivity index (χ0) is 21.0. The predicted molar refractivity (Wildman–Crippen MR) is 112 cm³/mol. The van der Waals surface area contributed by atoms with Gasteiger partial charge in [-0.3, -0.25) is 9.80 Å². The lowest BCUT2D eigenvalue weighted by Crippen LogP contribution is -2.48. The highest BCUT2D eigenvalue weighted by Crippen LogP contribution is 2.35. The van der Waals surface area contributed by atoms with Gasteiger partial charge in [0.15, 0.2) is 17.3 Å². The minimum atomic E-state index is -0.224. The number of ether oxygens (including phenoxy) is 2. The summed E-state index contributed by atoms with van der Waals surface area (Å²) in [6.07, 6.45) is 1.96. The number of rotatable bonds is 7. The highest BCUT2D eigenvalue weighted by Gasteiger charge is 2.33. The molecular weight excluding hydrogens is 368 g/mol. The molecule has 1 aliphatic heterocycles. The Kier molecular flexibility index (Phi) is 6.54. The van der Waals surface area contributed by atoms with Gasteiger partial charge in [0.05, 0.1) is 25.8 Å². The van der Waals surface area contributed by atoms with Gasteiger partial charge < -0.3 is 9.47 Å². The average Bonchev–Trinajstić information content (AvgIpc) is 3.19. The van der Waals surface area contributed by atoms with Crippen LogP contribution in [0.25, 0.3) is 0 Å². The fourth-order valence-electron chi connectivity index (χ4n) is 3.78. The Labute approximate surface area is 173 Å². The van der Waals surface area contributed by atoms with Gasteiger partial charge in [0.25, 0.3) is 0 Å². The Bertz CT molecular complexity index is 821. The molecule has 2 aromatic rings. The first kappa shape index (κ1) is 21.3. The number of nitrogens with zero attached hydrogens (tertiary/aromatic N) is 6. The van der Waals surface area contributed by atoms with Crippen molar-refractivity contribution >= 4 is 0 Å². The molecule has 1 aromatic carbocycles. The molecule has 1 saturated heterocycles. The van der Waals surface area contributed by atoms with Crippen LogP contribution >= 0.6 is 0 Å². The minimum Gasteiger partial charge on any atom is -0.493 e. The SMILES string of the molecule is C=CCN1CCN([C@@H](c2ccc(OC)c(OC)c2)c2nnnn2C(C)(C)C)CC1. The smallest absolute Gasteiger partial charge is 0.173 e. The fourth-order valence-corrected chi connectivity index (χ4v) is 3.78. The van der Waals surface area contributed by atoms with Gasteiger partial charge in [-0.2, -0.15) is 0 Å². The van der Waals surface area contributed by atoms with Crippen molar-refractivity contribution in [3.05, 3.63) is 42.2 Å². The van der Waals surface area contributed by atoms with Crippen molar-refractivity contribution in [2.24, 2.45) is 0 Å². The van der Waals surface area contributed by atoms with Crippen molar-refractivity contribution in [3.63, 3.8) is 0 Å². The minimum absolute atomic E-state index is 0.0742. The summed E-state index contributed by atoms with van der Waals surface area (Å²) in [5, 5.41) is 12.8. The number of piperazine rings is 1. The summed E-state index contributed by atoms with van der Waals surface area (Å²) in [5.74, 6) is 2.25. The van der Waals surface area contributed by atoms with Gasteiger partial charge in [-0.1, -0.05) is 12.1 Å². The van der Waals surface area contributed by atoms with Gasteiger partial charge in [-0.05, 0) is 48.9 Å². The molecule has 158 valence electrons. The lowest BCUT2D eigenvalue weighted by atomic mass is 10.0. The standard InChI is InChI=1S/C21H32N6O2/c1-7-10-25-11-13-26(14-12-25)19(20-22-23-24-27(20)21(2,3)4)16-8-9-17(28-5)18(15-16)29-6/h7-9,15,19H,1,10-14H2,2-6H3/t19-/m0/s1. The number of tetrazole rings is 1. The van der Waals surface area contributed by atoms with E-state index >= 15 is 0 Å². The molecule has 0 aliphatic carbocycles. The molecule has 0 bridgehead atoms. The van der Waals surface area contributed by atoms with E-state index in [0.717, 1.165) is 44.1 Å². The van der Waals surface area contributed by atoms with E-state index in [0.29, 0.717) is 11.5 Å². The molecule has 0 amide bonds. The van der Waals surface area contributed by atoms with E-state index in [9.17, 15) is 0 Å². The highest BCUT2D eigenvalue weighted by atomic mass is 16.5. The van der Waals surface area contributed by atoms with Gasteiger partial charge in [-0.25, -0.2) is 4.68 Å². The Balaban J connectivity index is 2.02. The summed E-state index contributed by atoms with van der Waals surface area (Å²) >= 11 is 0. The van der Waals surface area contributed by atoms with Crippen molar-refractivity contribution in [2.45, 2.75) is 32.4 Å². The molecule has 1 fully saturated rings. The van der Waals surface area contributed by atoms with Gasteiger partial charge in [0.1, 0.15) is 0 Å². The lowest BCUT2D eigenvalue weighted by Gasteiger charge is -2.39. The molecule has 29 heavy (non-hydrogen) atoms. The molecule has 1 aromatic heterocycles. The van der Waals surface area contributed by atoms with Crippen LogP contribution in [0.5, 0.6) is 11.5 Å². The second-order valence-electron chi connectivity index (χ2n) is 8.26. The number of hydrogen-bond donors (Lipinski definition) is 0. The van der Waals surface area contributed by atoms with E-state index in [-0.39, 0.29) is 11.6 Å². The lowest BCUT2D eigenvalue weighted by molar-refractivity contribution is 0.110. The number of hydrogen-bond acceptors (Lipinski definition) is 7. The molecule has 0 unspecified atom stereocenters. The predicted octanol–water partition coefficient (Wildman–Crippen LogP) is 2.34. The molecular formula is C21H32N6O2. The molecule has 1 aliphatic rings. The molecule has 2 heterocycles. The van der Waals surface area contributed by atoms with Crippen molar-refractivity contribution in [3.8, 4) is 11.5 Å². The normalized spacial score (nSPS) is 17.1. The van der Waals surface area contributed by atoms with Crippen molar-refractivity contribution < 1.29 is 9.47 Å². The Morgan fingerprint density at radius 2 is 1.79 bits per heavy atom. The number of methoxy groups -OCH3 is 2. The molecule has 0 saturated carbocycles. The van der Waals surface area contributed by atoms with Crippen molar-refractivity contribution in [2.75, 3.05) is 46.9 Å². The first-order valence-electron chi connectivity index (χ1n) is 9.97. The third-order valence-corrected chi connectivity index (χ3v) is 5.26. The summed E-state index contributed by atoms with van der Waals surface area (Å²) in [6.45, 7) is 14.9. The quantitative estimate of drug-likeness (QED) is 0.661. The molecule has 8 nitrogen and oxygen atoms in total. The van der Waals surface area contributed by atoms with Gasteiger partial charge in [-0.15, -0.1) is 11.7 Å². The Morgan fingerprint density at radius 1 is 1.10 bits per heavy atom. The van der Waals surface area contributed by atoms with E-state index in [1.165, 1.54) is 0 Å². The maximum Gasteiger partial charge on any atom is 0.173 e. The van der Waals surface area contributed by atoms with Gasteiger partial charge in [0, 0.05) is 32.7 Å². The Hall–Kier alpha value is -2.45. The monoisotopic (exact) mass is 400 g/mol. The van der Waals surface area contributed by atoms with E-state index < -0.39 is 0 Å². The average molecular weight is 401 g/mol. The largest absolute Gasteiger partial charge is 0.493 e. The third kappa shape index (κ3) is 4.59.